The van der Waals surface area contributed by atoms with Gasteiger partial charge in [-0.2, -0.15) is 5.10 Å². The molecular weight excluding hydrogens is 142 g/mol. The first kappa shape index (κ1) is 7.78. The smallest absolute Gasteiger partial charge is 0.155 e. The molecule has 0 aliphatic heterocycles. The van der Waals surface area contributed by atoms with Crippen LogP contribution in [0.25, 0.3) is 0 Å². The molecule has 1 heterocycles. The van der Waals surface area contributed by atoms with Crippen molar-refractivity contribution in [3.8, 4) is 0 Å². The largest absolute Gasteiger partial charge is 0.383 e. The second-order valence-electron chi connectivity index (χ2n) is 2.34. The first-order chi connectivity index (χ1) is 5.20. The summed E-state index contributed by atoms with van der Waals surface area (Å²) in [6.07, 6.45) is 1.49. The second-order valence-corrected chi connectivity index (χ2v) is 2.34. The SMILES string of the molecule is CCc1nn(C)c(N)c1C=O. The molecule has 1 aromatic rings. The van der Waals surface area contributed by atoms with Crippen molar-refractivity contribution in [3.63, 3.8) is 0 Å². The van der Waals surface area contributed by atoms with Crippen molar-refractivity contribution in [2.75, 3.05) is 5.73 Å². The summed E-state index contributed by atoms with van der Waals surface area (Å²) in [5.41, 5.74) is 6.85. The van der Waals surface area contributed by atoms with E-state index >= 15 is 0 Å². The van der Waals surface area contributed by atoms with Crippen molar-refractivity contribution < 1.29 is 4.79 Å². The lowest BCUT2D eigenvalue weighted by molar-refractivity contribution is 0.112. The standard InChI is InChI=1S/C7H11N3O/c1-3-6-5(4-11)7(8)10(2)9-6/h4H,3,8H2,1-2H3. The van der Waals surface area contributed by atoms with E-state index in [2.05, 4.69) is 5.10 Å². The van der Waals surface area contributed by atoms with Gasteiger partial charge in [-0.25, -0.2) is 0 Å². The Balaban J connectivity index is 3.26. The van der Waals surface area contributed by atoms with Gasteiger partial charge in [0.1, 0.15) is 5.82 Å². The summed E-state index contributed by atoms with van der Waals surface area (Å²) in [7, 11) is 1.72. The maximum Gasteiger partial charge on any atom is 0.155 e. The molecule has 0 aliphatic carbocycles. The second kappa shape index (κ2) is 2.74. The van der Waals surface area contributed by atoms with E-state index < -0.39 is 0 Å². The molecule has 4 heteroatoms. The zero-order valence-electron chi connectivity index (χ0n) is 6.66. The molecule has 0 saturated heterocycles. The molecule has 0 aliphatic rings. The highest BCUT2D eigenvalue weighted by atomic mass is 16.1. The third-order valence-electron chi connectivity index (χ3n) is 1.66. The molecule has 11 heavy (non-hydrogen) atoms. The van der Waals surface area contributed by atoms with Gasteiger partial charge in [0.25, 0.3) is 0 Å². The Bertz CT molecular complexity index is 277. The fourth-order valence-electron chi connectivity index (χ4n) is 1.00. The van der Waals surface area contributed by atoms with Crippen LogP contribution in [0.5, 0.6) is 0 Å². The van der Waals surface area contributed by atoms with E-state index in [-0.39, 0.29) is 0 Å². The molecule has 0 spiro atoms. The van der Waals surface area contributed by atoms with Crippen LogP contribution in [0.2, 0.25) is 0 Å². The minimum Gasteiger partial charge on any atom is -0.383 e. The van der Waals surface area contributed by atoms with Crippen LogP contribution < -0.4 is 5.73 Å². The van der Waals surface area contributed by atoms with Gasteiger partial charge >= 0.3 is 0 Å². The Kier molecular flexibility index (Phi) is 1.94. The summed E-state index contributed by atoms with van der Waals surface area (Å²) in [4.78, 5) is 10.5. The van der Waals surface area contributed by atoms with Crippen molar-refractivity contribution in [2.45, 2.75) is 13.3 Å². The van der Waals surface area contributed by atoms with Crippen molar-refractivity contribution in [1.29, 1.82) is 0 Å². The van der Waals surface area contributed by atoms with Gasteiger partial charge in [-0.15, -0.1) is 0 Å². The monoisotopic (exact) mass is 153 g/mol. The van der Waals surface area contributed by atoms with E-state index in [1.54, 1.807) is 7.05 Å². The van der Waals surface area contributed by atoms with Gasteiger partial charge in [-0.1, -0.05) is 6.92 Å². The Labute approximate surface area is 65.0 Å². The highest BCUT2D eigenvalue weighted by Gasteiger charge is 2.09. The van der Waals surface area contributed by atoms with Gasteiger partial charge < -0.3 is 5.73 Å². The fraction of sp³-hybridized carbons (Fsp3) is 0.429. The van der Waals surface area contributed by atoms with Crippen LogP contribution in [0, 0.1) is 0 Å². The van der Waals surface area contributed by atoms with E-state index in [1.165, 1.54) is 4.68 Å². The Morgan fingerprint density at radius 2 is 2.36 bits per heavy atom. The molecule has 0 unspecified atom stereocenters. The zero-order chi connectivity index (χ0) is 8.43. The number of rotatable bonds is 2. The number of hydrogen-bond donors (Lipinski definition) is 1. The quantitative estimate of drug-likeness (QED) is 0.625. The summed E-state index contributed by atoms with van der Waals surface area (Å²) >= 11 is 0. The highest BCUT2D eigenvalue weighted by Crippen LogP contribution is 2.12. The molecule has 1 rings (SSSR count). The van der Waals surface area contributed by atoms with Crippen molar-refractivity contribution in [3.05, 3.63) is 11.3 Å². The summed E-state index contributed by atoms with van der Waals surface area (Å²) in [5.74, 6) is 0.442. The number of hydrogen-bond acceptors (Lipinski definition) is 3. The van der Waals surface area contributed by atoms with E-state index in [0.717, 1.165) is 18.4 Å². The van der Waals surface area contributed by atoms with Crippen LogP contribution >= 0.6 is 0 Å². The first-order valence-electron chi connectivity index (χ1n) is 3.47. The normalized spacial score (nSPS) is 10.0. The zero-order valence-corrected chi connectivity index (χ0v) is 6.66. The van der Waals surface area contributed by atoms with Crippen molar-refractivity contribution in [2.24, 2.45) is 7.05 Å². The number of aromatic nitrogens is 2. The van der Waals surface area contributed by atoms with Crippen molar-refractivity contribution in [1.82, 2.24) is 9.78 Å². The van der Waals surface area contributed by atoms with Crippen LogP contribution in [0.1, 0.15) is 23.0 Å². The minimum absolute atomic E-state index is 0.442. The summed E-state index contributed by atoms with van der Waals surface area (Å²) in [6, 6.07) is 0. The third-order valence-corrected chi connectivity index (χ3v) is 1.66. The number of aldehydes is 1. The topological polar surface area (TPSA) is 60.9 Å². The minimum atomic E-state index is 0.442. The molecule has 60 valence electrons. The van der Waals surface area contributed by atoms with Crippen LogP contribution in [-0.2, 0) is 13.5 Å². The van der Waals surface area contributed by atoms with Crippen LogP contribution in [0.15, 0.2) is 0 Å². The van der Waals surface area contributed by atoms with Gasteiger partial charge in [-0.05, 0) is 6.42 Å². The lowest BCUT2D eigenvalue weighted by atomic mass is 10.2. The number of carbonyl (C=O) groups is 1. The van der Waals surface area contributed by atoms with Gasteiger partial charge in [0, 0.05) is 7.05 Å². The number of aryl methyl sites for hydroxylation is 2. The molecule has 0 saturated carbocycles. The van der Waals surface area contributed by atoms with Crippen LogP contribution in [-0.4, -0.2) is 16.1 Å². The molecule has 0 fully saturated rings. The lowest BCUT2D eigenvalue weighted by Gasteiger charge is -1.90. The first-order valence-corrected chi connectivity index (χ1v) is 3.47. The summed E-state index contributed by atoms with van der Waals surface area (Å²) < 4.78 is 1.52. The maximum absolute atomic E-state index is 10.5. The molecule has 0 bridgehead atoms. The Morgan fingerprint density at radius 1 is 1.73 bits per heavy atom. The van der Waals surface area contributed by atoms with E-state index in [4.69, 9.17) is 5.73 Å². The lowest BCUT2D eigenvalue weighted by Crippen LogP contribution is -1.98. The molecule has 1 aromatic heterocycles. The molecule has 4 nitrogen and oxygen atoms in total. The molecule has 2 N–H and O–H groups in total. The average molecular weight is 153 g/mol. The summed E-state index contributed by atoms with van der Waals surface area (Å²) in [6.45, 7) is 1.94. The van der Waals surface area contributed by atoms with Gasteiger partial charge in [0.2, 0.25) is 0 Å². The Morgan fingerprint density at radius 3 is 2.73 bits per heavy atom. The predicted octanol–water partition coefficient (Wildman–Crippen LogP) is 0.377. The van der Waals surface area contributed by atoms with E-state index in [1.807, 2.05) is 6.92 Å². The predicted molar refractivity (Wildman–Crippen MR) is 42.4 cm³/mol. The molecule has 0 radical (unpaired) electrons. The highest BCUT2D eigenvalue weighted by molar-refractivity contribution is 5.83. The number of carbonyl (C=O) groups excluding carboxylic acids is 1. The molecular formula is C7H11N3O. The van der Waals surface area contributed by atoms with Crippen LogP contribution in [0.3, 0.4) is 0 Å². The van der Waals surface area contributed by atoms with E-state index in [9.17, 15) is 4.79 Å². The van der Waals surface area contributed by atoms with Crippen molar-refractivity contribution >= 4 is 12.1 Å². The summed E-state index contributed by atoms with van der Waals surface area (Å²) in [5, 5.41) is 4.06. The Hall–Kier alpha value is -1.32. The maximum atomic E-state index is 10.5. The molecule has 0 atom stereocenters. The van der Waals surface area contributed by atoms with Gasteiger partial charge in [0.05, 0.1) is 11.3 Å². The van der Waals surface area contributed by atoms with E-state index in [0.29, 0.717) is 11.4 Å². The molecule has 0 aromatic carbocycles. The fourth-order valence-corrected chi connectivity index (χ4v) is 1.00. The van der Waals surface area contributed by atoms with Gasteiger partial charge in [-0.3, -0.25) is 9.48 Å². The molecule has 0 amide bonds. The van der Waals surface area contributed by atoms with Crippen LogP contribution in [0.4, 0.5) is 5.82 Å². The van der Waals surface area contributed by atoms with Gasteiger partial charge in [0.15, 0.2) is 6.29 Å². The number of anilines is 1. The average Bonchev–Trinajstić information content (AvgIpc) is 2.28. The number of nitrogens with two attached hydrogens (primary N) is 1. The number of nitrogen functional groups attached to an aromatic ring is 1. The number of nitrogens with zero attached hydrogens (tertiary/aromatic N) is 2. The third kappa shape index (κ3) is 1.11.